The second kappa shape index (κ2) is 9.05. The second-order valence-corrected chi connectivity index (χ2v) is 4.95. The summed E-state index contributed by atoms with van der Waals surface area (Å²) in [6.45, 7) is 6.38. The van der Waals surface area contributed by atoms with Crippen LogP contribution in [-0.2, 0) is 0 Å². The van der Waals surface area contributed by atoms with E-state index in [9.17, 15) is 13.2 Å². The summed E-state index contributed by atoms with van der Waals surface area (Å²) in [5, 5.41) is 5.67. The molecule has 1 saturated heterocycles. The van der Waals surface area contributed by atoms with Gasteiger partial charge in [0.15, 0.2) is 5.96 Å². The van der Waals surface area contributed by atoms with Crippen molar-refractivity contribution in [1.29, 1.82) is 0 Å². The molecule has 1 heterocycles. The van der Waals surface area contributed by atoms with E-state index in [1.54, 1.807) is 0 Å². The van der Waals surface area contributed by atoms with E-state index < -0.39 is 12.6 Å². The molecule has 0 aliphatic carbocycles. The van der Waals surface area contributed by atoms with Crippen LogP contribution in [0.3, 0.4) is 0 Å². The first-order valence-corrected chi connectivity index (χ1v) is 7.32. The van der Waals surface area contributed by atoms with Crippen LogP contribution in [0.2, 0.25) is 0 Å². The molecule has 118 valence electrons. The summed E-state index contributed by atoms with van der Waals surface area (Å²) in [5.74, 6) is 0.471. The third kappa shape index (κ3) is 8.24. The minimum atomic E-state index is -4.12. The van der Waals surface area contributed by atoms with Gasteiger partial charge in [0.2, 0.25) is 0 Å². The Bertz CT molecular complexity index is 286. The number of alkyl halides is 3. The first-order chi connectivity index (χ1) is 9.51. The van der Waals surface area contributed by atoms with E-state index in [4.69, 9.17) is 0 Å². The highest BCUT2D eigenvalue weighted by Crippen LogP contribution is 2.18. The van der Waals surface area contributed by atoms with Gasteiger partial charge in [-0.3, -0.25) is 4.99 Å². The molecule has 1 aliphatic rings. The fourth-order valence-electron chi connectivity index (χ4n) is 2.16. The predicted octanol–water partition coefficient (Wildman–Crippen LogP) is 1.98. The number of halogens is 3. The molecule has 0 aromatic rings. The largest absolute Gasteiger partial charge is 0.390 e. The van der Waals surface area contributed by atoms with Gasteiger partial charge in [0, 0.05) is 19.6 Å². The second-order valence-electron chi connectivity index (χ2n) is 4.95. The molecule has 0 amide bonds. The Labute approximate surface area is 118 Å². The first kappa shape index (κ1) is 17.1. The maximum atomic E-state index is 12.1. The van der Waals surface area contributed by atoms with Crippen molar-refractivity contribution < 1.29 is 13.2 Å². The molecular weight excluding hydrogens is 269 g/mol. The normalized spacial score (nSPS) is 17.5. The lowest BCUT2D eigenvalue weighted by atomic mass is 10.4. The Morgan fingerprint density at radius 1 is 1.20 bits per heavy atom. The summed E-state index contributed by atoms with van der Waals surface area (Å²) in [7, 11) is 0. The zero-order chi connectivity index (χ0) is 14.8. The Morgan fingerprint density at radius 3 is 2.50 bits per heavy atom. The monoisotopic (exact) mass is 294 g/mol. The predicted molar refractivity (Wildman–Crippen MR) is 74.9 cm³/mol. The molecule has 1 aliphatic heterocycles. The van der Waals surface area contributed by atoms with Gasteiger partial charge in [-0.25, -0.2) is 0 Å². The highest BCUT2D eigenvalue weighted by Gasteiger charge is 2.26. The summed E-state index contributed by atoms with van der Waals surface area (Å²) in [6, 6.07) is 0. The lowest BCUT2D eigenvalue weighted by Crippen LogP contribution is -2.39. The first-order valence-electron chi connectivity index (χ1n) is 7.32. The van der Waals surface area contributed by atoms with Crippen molar-refractivity contribution in [2.75, 3.05) is 39.3 Å². The fraction of sp³-hybridized carbons (Fsp3) is 0.923. The SMILES string of the molecule is CCNC(=NCCCN1CCCC1)NCCC(F)(F)F. The third-order valence-corrected chi connectivity index (χ3v) is 3.15. The number of hydrogen-bond acceptors (Lipinski definition) is 2. The summed E-state index contributed by atoms with van der Waals surface area (Å²) in [6.07, 6.45) is -1.49. The molecule has 0 radical (unpaired) electrons. The molecule has 20 heavy (non-hydrogen) atoms. The van der Waals surface area contributed by atoms with Crippen LogP contribution in [-0.4, -0.2) is 56.3 Å². The van der Waals surface area contributed by atoms with Crippen molar-refractivity contribution in [3.05, 3.63) is 0 Å². The van der Waals surface area contributed by atoms with Crippen LogP contribution < -0.4 is 10.6 Å². The third-order valence-electron chi connectivity index (χ3n) is 3.15. The fourth-order valence-corrected chi connectivity index (χ4v) is 2.16. The molecule has 0 spiro atoms. The van der Waals surface area contributed by atoms with E-state index in [0.717, 1.165) is 26.1 Å². The van der Waals surface area contributed by atoms with E-state index in [1.165, 1.54) is 12.8 Å². The molecule has 0 aromatic carbocycles. The number of aliphatic imine (C=N–C) groups is 1. The van der Waals surface area contributed by atoms with Gasteiger partial charge in [-0.1, -0.05) is 0 Å². The summed E-state index contributed by atoms with van der Waals surface area (Å²) >= 11 is 0. The molecular formula is C13H25F3N4. The van der Waals surface area contributed by atoms with Gasteiger partial charge in [-0.05, 0) is 45.8 Å². The van der Waals surface area contributed by atoms with Crippen LogP contribution in [0.25, 0.3) is 0 Å². The Balaban J connectivity index is 2.19. The van der Waals surface area contributed by atoms with Gasteiger partial charge in [0.05, 0.1) is 6.42 Å². The van der Waals surface area contributed by atoms with Crippen molar-refractivity contribution in [2.24, 2.45) is 4.99 Å². The minimum Gasteiger partial charge on any atom is -0.357 e. The maximum Gasteiger partial charge on any atom is 0.390 e. The zero-order valence-electron chi connectivity index (χ0n) is 12.1. The number of nitrogens with zero attached hydrogens (tertiary/aromatic N) is 2. The highest BCUT2D eigenvalue weighted by atomic mass is 19.4. The zero-order valence-corrected chi connectivity index (χ0v) is 12.1. The van der Waals surface area contributed by atoms with Crippen LogP contribution in [0.15, 0.2) is 4.99 Å². The van der Waals surface area contributed by atoms with Gasteiger partial charge in [0.1, 0.15) is 0 Å². The van der Waals surface area contributed by atoms with Gasteiger partial charge in [-0.2, -0.15) is 13.2 Å². The molecule has 7 heteroatoms. The van der Waals surface area contributed by atoms with E-state index in [-0.39, 0.29) is 6.54 Å². The average molecular weight is 294 g/mol. The standard InChI is InChI=1S/C13H25F3N4/c1-2-17-12(19-8-6-13(14,15)16)18-7-5-11-20-9-3-4-10-20/h2-11H2,1H3,(H2,17,18,19). The van der Waals surface area contributed by atoms with Gasteiger partial charge >= 0.3 is 6.18 Å². The number of likely N-dealkylation sites (tertiary alicyclic amines) is 1. The number of hydrogen-bond donors (Lipinski definition) is 2. The Hall–Kier alpha value is -0.980. The van der Waals surface area contributed by atoms with E-state index in [2.05, 4.69) is 20.5 Å². The molecule has 4 nitrogen and oxygen atoms in total. The quantitative estimate of drug-likeness (QED) is 0.428. The number of guanidine groups is 1. The van der Waals surface area contributed by atoms with E-state index in [0.29, 0.717) is 19.0 Å². The minimum absolute atomic E-state index is 0.137. The number of nitrogens with one attached hydrogen (secondary N) is 2. The smallest absolute Gasteiger partial charge is 0.357 e. The molecule has 0 atom stereocenters. The molecule has 0 aromatic heterocycles. The maximum absolute atomic E-state index is 12.1. The Morgan fingerprint density at radius 2 is 1.90 bits per heavy atom. The number of rotatable bonds is 7. The highest BCUT2D eigenvalue weighted by molar-refractivity contribution is 5.79. The summed E-state index contributed by atoms with van der Waals surface area (Å²) in [4.78, 5) is 6.70. The van der Waals surface area contributed by atoms with Gasteiger partial charge < -0.3 is 15.5 Å². The van der Waals surface area contributed by atoms with Crippen molar-refractivity contribution in [2.45, 2.75) is 38.8 Å². The molecule has 2 N–H and O–H groups in total. The van der Waals surface area contributed by atoms with Crippen molar-refractivity contribution >= 4 is 5.96 Å². The molecule has 0 saturated carbocycles. The lowest BCUT2D eigenvalue weighted by molar-refractivity contribution is -0.132. The van der Waals surface area contributed by atoms with Gasteiger partial charge in [0.25, 0.3) is 0 Å². The van der Waals surface area contributed by atoms with Crippen LogP contribution in [0.1, 0.15) is 32.6 Å². The van der Waals surface area contributed by atoms with Crippen LogP contribution in [0, 0.1) is 0 Å². The van der Waals surface area contributed by atoms with Crippen molar-refractivity contribution in [1.82, 2.24) is 15.5 Å². The van der Waals surface area contributed by atoms with Crippen molar-refractivity contribution in [3.8, 4) is 0 Å². The Kier molecular flexibility index (Phi) is 7.72. The van der Waals surface area contributed by atoms with E-state index >= 15 is 0 Å². The topological polar surface area (TPSA) is 39.7 Å². The average Bonchev–Trinajstić information content (AvgIpc) is 2.86. The summed E-state index contributed by atoms with van der Waals surface area (Å²) in [5.41, 5.74) is 0. The molecule has 0 bridgehead atoms. The van der Waals surface area contributed by atoms with Crippen molar-refractivity contribution in [3.63, 3.8) is 0 Å². The van der Waals surface area contributed by atoms with E-state index in [1.807, 2.05) is 6.92 Å². The molecule has 1 rings (SSSR count). The summed E-state index contributed by atoms with van der Waals surface area (Å²) < 4.78 is 36.2. The van der Waals surface area contributed by atoms with Gasteiger partial charge in [-0.15, -0.1) is 0 Å². The van der Waals surface area contributed by atoms with Crippen LogP contribution in [0.5, 0.6) is 0 Å². The lowest BCUT2D eigenvalue weighted by Gasteiger charge is -2.14. The molecule has 0 unspecified atom stereocenters. The van der Waals surface area contributed by atoms with Crippen LogP contribution >= 0.6 is 0 Å². The molecule has 1 fully saturated rings. The van der Waals surface area contributed by atoms with Crippen LogP contribution in [0.4, 0.5) is 13.2 Å².